The summed E-state index contributed by atoms with van der Waals surface area (Å²) in [5.74, 6) is -0.589. The molecule has 0 radical (unpaired) electrons. The van der Waals surface area contributed by atoms with E-state index in [0.29, 0.717) is 31.5 Å². The predicted octanol–water partition coefficient (Wildman–Crippen LogP) is 1.62. The first kappa shape index (κ1) is 17.4. The third kappa shape index (κ3) is 4.51. The molecular weight excluding hydrogens is 299 g/mol. The quantitative estimate of drug-likeness (QED) is 0.885. The van der Waals surface area contributed by atoms with E-state index in [1.54, 1.807) is 11.8 Å². The van der Waals surface area contributed by atoms with Crippen molar-refractivity contribution in [2.45, 2.75) is 38.8 Å². The van der Waals surface area contributed by atoms with Crippen molar-refractivity contribution in [1.82, 2.24) is 10.2 Å². The summed E-state index contributed by atoms with van der Waals surface area (Å²) in [4.78, 5) is 25.3. The number of rotatable bonds is 4. The molecule has 2 N–H and O–H groups in total. The minimum absolute atomic E-state index is 0.0314. The van der Waals surface area contributed by atoms with Crippen molar-refractivity contribution < 1.29 is 19.1 Å². The predicted molar refractivity (Wildman–Crippen MR) is 83.9 cm³/mol. The van der Waals surface area contributed by atoms with Crippen molar-refractivity contribution in [2.75, 3.05) is 13.1 Å². The lowest BCUT2D eigenvalue weighted by Gasteiger charge is -2.31. The van der Waals surface area contributed by atoms with Gasteiger partial charge in [0.2, 0.25) is 11.8 Å². The summed E-state index contributed by atoms with van der Waals surface area (Å²) in [6, 6.07) is 5.11. The van der Waals surface area contributed by atoms with E-state index in [9.17, 15) is 19.1 Å². The van der Waals surface area contributed by atoms with E-state index in [4.69, 9.17) is 0 Å². The second-order valence-electron chi connectivity index (χ2n) is 6.07. The number of halogens is 1. The van der Waals surface area contributed by atoms with Gasteiger partial charge >= 0.3 is 0 Å². The Balaban J connectivity index is 1.87. The van der Waals surface area contributed by atoms with Crippen LogP contribution in [0.1, 0.15) is 38.4 Å². The molecule has 1 aromatic carbocycles. The normalized spacial score (nSPS) is 18.3. The number of aliphatic hydroxyl groups excluding tert-OH is 1. The minimum Gasteiger partial charge on any atom is -0.386 e. The average molecular weight is 322 g/mol. The first-order chi connectivity index (χ1) is 10.9. The van der Waals surface area contributed by atoms with Gasteiger partial charge in [-0.15, -0.1) is 0 Å². The monoisotopic (exact) mass is 322 g/mol. The van der Waals surface area contributed by atoms with E-state index in [1.807, 2.05) is 0 Å². The molecule has 1 aromatic rings. The number of carbonyl (C=O) groups excluding carboxylic acids is 2. The van der Waals surface area contributed by atoms with Gasteiger partial charge in [0.05, 0.1) is 12.1 Å². The number of benzene rings is 1. The molecule has 5 nitrogen and oxygen atoms in total. The first-order valence-electron chi connectivity index (χ1n) is 7.88. The molecule has 1 heterocycles. The Kier molecular flexibility index (Phi) is 5.71. The Labute approximate surface area is 135 Å². The lowest BCUT2D eigenvalue weighted by atomic mass is 9.95. The number of piperidine rings is 1. The Morgan fingerprint density at radius 3 is 2.35 bits per heavy atom. The van der Waals surface area contributed by atoms with Gasteiger partial charge in [0, 0.05) is 25.9 Å². The molecule has 2 rings (SSSR count). The molecule has 1 aliphatic heterocycles. The van der Waals surface area contributed by atoms with Gasteiger partial charge in [-0.05, 0) is 37.5 Å². The smallest absolute Gasteiger partial charge is 0.223 e. The number of nitrogens with zero attached hydrogens (tertiary/aromatic N) is 1. The summed E-state index contributed by atoms with van der Waals surface area (Å²) in [5.41, 5.74) is 0.561. The molecule has 2 atom stereocenters. The fourth-order valence-electron chi connectivity index (χ4n) is 2.83. The zero-order valence-electron chi connectivity index (χ0n) is 13.5. The van der Waals surface area contributed by atoms with E-state index in [-0.39, 0.29) is 23.5 Å². The number of hydrogen-bond acceptors (Lipinski definition) is 3. The number of aliphatic hydroxyl groups is 1. The number of hydrogen-bond donors (Lipinski definition) is 2. The van der Waals surface area contributed by atoms with Gasteiger partial charge in [-0.1, -0.05) is 12.1 Å². The van der Waals surface area contributed by atoms with Gasteiger partial charge in [0.15, 0.2) is 0 Å². The van der Waals surface area contributed by atoms with E-state index >= 15 is 0 Å². The van der Waals surface area contributed by atoms with E-state index in [1.165, 1.54) is 31.2 Å². The van der Waals surface area contributed by atoms with Crippen LogP contribution in [-0.4, -0.2) is 41.0 Å². The molecule has 0 saturated carbocycles. The highest BCUT2D eigenvalue weighted by Crippen LogP contribution is 2.20. The number of carbonyl (C=O) groups is 2. The van der Waals surface area contributed by atoms with Crippen molar-refractivity contribution in [3.8, 4) is 0 Å². The molecule has 0 bridgehead atoms. The van der Waals surface area contributed by atoms with Crippen LogP contribution in [0.5, 0.6) is 0 Å². The Morgan fingerprint density at radius 2 is 1.83 bits per heavy atom. The van der Waals surface area contributed by atoms with E-state index < -0.39 is 12.1 Å². The second kappa shape index (κ2) is 7.55. The lowest BCUT2D eigenvalue weighted by Crippen LogP contribution is -2.45. The van der Waals surface area contributed by atoms with Crippen molar-refractivity contribution in [1.29, 1.82) is 0 Å². The molecule has 6 heteroatoms. The van der Waals surface area contributed by atoms with Gasteiger partial charge in [-0.2, -0.15) is 0 Å². The highest BCUT2D eigenvalue weighted by molar-refractivity contribution is 5.79. The van der Waals surface area contributed by atoms with E-state index in [0.717, 1.165) is 0 Å². The summed E-state index contributed by atoms with van der Waals surface area (Å²) in [7, 11) is 0. The van der Waals surface area contributed by atoms with Gasteiger partial charge in [0.25, 0.3) is 0 Å². The molecule has 1 fully saturated rings. The zero-order chi connectivity index (χ0) is 17.0. The third-order valence-corrected chi connectivity index (χ3v) is 4.37. The Morgan fingerprint density at radius 1 is 1.26 bits per heavy atom. The molecule has 126 valence electrons. The molecule has 2 amide bonds. The van der Waals surface area contributed by atoms with Crippen molar-refractivity contribution in [3.63, 3.8) is 0 Å². The van der Waals surface area contributed by atoms with Crippen molar-refractivity contribution in [3.05, 3.63) is 35.6 Å². The lowest BCUT2D eigenvalue weighted by molar-refractivity contribution is -0.134. The zero-order valence-corrected chi connectivity index (χ0v) is 13.5. The van der Waals surface area contributed by atoms with E-state index in [2.05, 4.69) is 5.32 Å². The Hall–Kier alpha value is -1.95. The molecule has 2 unspecified atom stereocenters. The second-order valence-corrected chi connectivity index (χ2v) is 6.07. The maximum Gasteiger partial charge on any atom is 0.223 e. The molecule has 0 aliphatic carbocycles. The van der Waals surface area contributed by atoms with Crippen LogP contribution in [0, 0.1) is 11.7 Å². The summed E-state index contributed by atoms with van der Waals surface area (Å²) >= 11 is 0. The molecule has 1 saturated heterocycles. The third-order valence-electron chi connectivity index (χ3n) is 4.37. The van der Waals surface area contributed by atoms with Crippen LogP contribution in [0.3, 0.4) is 0 Å². The summed E-state index contributed by atoms with van der Waals surface area (Å²) in [6.45, 7) is 4.42. The highest BCUT2D eigenvalue weighted by atomic mass is 19.1. The van der Waals surface area contributed by atoms with Crippen LogP contribution in [-0.2, 0) is 9.59 Å². The SMILES string of the molecule is CC(=O)N1CCC(C(=O)NC(C)C(O)c2ccc(F)cc2)CC1. The van der Waals surface area contributed by atoms with Gasteiger partial charge in [0.1, 0.15) is 5.82 Å². The molecule has 23 heavy (non-hydrogen) atoms. The number of nitrogens with one attached hydrogen (secondary N) is 1. The van der Waals surface area contributed by atoms with Crippen molar-refractivity contribution in [2.24, 2.45) is 5.92 Å². The highest BCUT2D eigenvalue weighted by Gasteiger charge is 2.28. The molecule has 1 aliphatic rings. The fraction of sp³-hybridized carbons (Fsp3) is 0.529. The van der Waals surface area contributed by atoms with Gasteiger partial charge < -0.3 is 15.3 Å². The Bertz CT molecular complexity index is 553. The fourth-order valence-corrected chi connectivity index (χ4v) is 2.83. The molecule has 0 aromatic heterocycles. The summed E-state index contributed by atoms with van der Waals surface area (Å²) in [5, 5.41) is 13.1. The topological polar surface area (TPSA) is 69.6 Å². The van der Waals surface area contributed by atoms with Gasteiger partial charge in [-0.25, -0.2) is 4.39 Å². The standard InChI is InChI=1S/C17H23FN2O3/c1-11(16(22)13-3-5-15(18)6-4-13)19-17(23)14-7-9-20(10-8-14)12(2)21/h3-6,11,14,16,22H,7-10H2,1-2H3,(H,19,23). The summed E-state index contributed by atoms with van der Waals surface area (Å²) in [6.07, 6.45) is 0.368. The largest absolute Gasteiger partial charge is 0.386 e. The molecule has 0 spiro atoms. The van der Waals surface area contributed by atoms with Crippen LogP contribution in [0.2, 0.25) is 0 Å². The van der Waals surface area contributed by atoms with Crippen LogP contribution in [0.4, 0.5) is 4.39 Å². The first-order valence-corrected chi connectivity index (χ1v) is 7.88. The maximum atomic E-state index is 12.9. The number of likely N-dealkylation sites (tertiary alicyclic amines) is 1. The van der Waals surface area contributed by atoms with Crippen LogP contribution >= 0.6 is 0 Å². The maximum absolute atomic E-state index is 12.9. The summed E-state index contributed by atoms with van der Waals surface area (Å²) < 4.78 is 12.9. The molecular formula is C17H23FN2O3. The number of amides is 2. The van der Waals surface area contributed by atoms with Crippen LogP contribution < -0.4 is 5.32 Å². The van der Waals surface area contributed by atoms with Crippen LogP contribution in [0.15, 0.2) is 24.3 Å². The minimum atomic E-state index is -0.892. The van der Waals surface area contributed by atoms with Gasteiger partial charge in [-0.3, -0.25) is 9.59 Å². The van der Waals surface area contributed by atoms with Crippen molar-refractivity contribution >= 4 is 11.8 Å². The average Bonchev–Trinajstić information content (AvgIpc) is 2.54. The van der Waals surface area contributed by atoms with Crippen LogP contribution in [0.25, 0.3) is 0 Å².